The van der Waals surface area contributed by atoms with E-state index in [4.69, 9.17) is 10.8 Å². The van der Waals surface area contributed by atoms with Crippen molar-refractivity contribution in [2.24, 2.45) is 0 Å². The molecule has 0 amide bonds. The Morgan fingerprint density at radius 3 is 2.58 bits per heavy atom. The Labute approximate surface area is 107 Å². The molecule has 0 aliphatic heterocycles. The predicted molar refractivity (Wildman–Crippen MR) is 63.1 cm³/mol. The first kappa shape index (κ1) is 15.1. The third-order valence-corrected chi connectivity index (χ3v) is 2.38. The predicted octanol–water partition coefficient (Wildman–Crippen LogP) is 1.94. The molecule has 0 aromatic heterocycles. The van der Waals surface area contributed by atoms with E-state index in [1.54, 1.807) is 0 Å². The molecule has 1 aromatic carbocycles. The normalized spacial score (nSPS) is 11.4. The zero-order valence-electron chi connectivity index (χ0n) is 10.1. The second-order valence-corrected chi connectivity index (χ2v) is 3.79. The van der Waals surface area contributed by atoms with Crippen LogP contribution in [0.15, 0.2) is 18.2 Å². The summed E-state index contributed by atoms with van der Waals surface area (Å²) in [4.78, 5) is 12.2. The van der Waals surface area contributed by atoms with Gasteiger partial charge in [-0.15, -0.1) is 13.2 Å². The molecule has 1 rings (SSSR count). The Balaban J connectivity index is 2.67. The van der Waals surface area contributed by atoms with Gasteiger partial charge in [0.2, 0.25) is 0 Å². The van der Waals surface area contributed by atoms with Crippen LogP contribution in [0.25, 0.3) is 0 Å². The van der Waals surface area contributed by atoms with Crippen molar-refractivity contribution >= 4 is 17.3 Å². The molecule has 0 radical (unpaired) electrons. The van der Waals surface area contributed by atoms with Crippen LogP contribution in [0.4, 0.5) is 24.5 Å². The van der Waals surface area contributed by atoms with E-state index in [1.807, 2.05) is 0 Å². The molecule has 0 bridgehead atoms. The summed E-state index contributed by atoms with van der Waals surface area (Å²) in [5.74, 6) is -1.12. The summed E-state index contributed by atoms with van der Waals surface area (Å²) >= 11 is 0. The van der Waals surface area contributed by atoms with Gasteiger partial charge in [-0.05, 0) is 18.2 Å². The number of aromatic carboxylic acids is 1. The lowest BCUT2D eigenvalue weighted by atomic mass is 10.1. The first-order chi connectivity index (χ1) is 8.70. The number of carboxylic acid groups (broad SMARTS) is 1. The van der Waals surface area contributed by atoms with E-state index in [-0.39, 0.29) is 17.8 Å². The first-order valence-corrected chi connectivity index (χ1v) is 5.25. The fraction of sp³-hybridized carbons (Fsp3) is 0.364. The van der Waals surface area contributed by atoms with Crippen LogP contribution in [0.2, 0.25) is 0 Å². The second kappa shape index (κ2) is 5.79. The highest BCUT2D eigenvalue weighted by Crippen LogP contribution is 2.23. The standard InChI is InChI=1S/C11H13F3N2O3/c1-16(4-5-19-11(12,13)14)9-3-2-7(10(17)18)6-8(9)15/h2-3,6H,4-5,15H2,1H3,(H,17,18). The van der Waals surface area contributed by atoms with E-state index in [0.29, 0.717) is 5.69 Å². The summed E-state index contributed by atoms with van der Waals surface area (Å²) in [6.45, 7) is -0.573. The third kappa shape index (κ3) is 4.66. The largest absolute Gasteiger partial charge is 0.522 e. The Morgan fingerprint density at radius 2 is 2.11 bits per heavy atom. The summed E-state index contributed by atoms with van der Waals surface area (Å²) in [6, 6.07) is 4.01. The van der Waals surface area contributed by atoms with Crippen molar-refractivity contribution in [1.29, 1.82) is 0 Å². The molecule has 3 N–H and O–H groups in total. The van der Waals surface area contributed by atoms with Crippen LogP contribution in [-0.2, 0) is 4.74 Å². The highest BCUT2D eigenvalue weighted by molar-refractivity contribution is 5.90. The molecule has 19 heavy (non-hydrogen) atoms. The van der Waals surface area contributed by atoms with Gasteiger partial charge in [-0.25, -0.2) is 4.79 Å². The van der Waals surface area contributed by atoms with Gasteiger partial charge in [0.15, 0.2) is 0 Å². The zero-order chi connectivity index (χ0) is 14.6. The molecule has 0 aliphatic carbocycles. The van der Waals surface area contributed by atoms with Crippen molar-refractivity contribution in [3.63, 3.8) is 0 Å². The van der Waals surface area contributed by atoms with Crippen molar-refractivity contribution in [2.45, 2.75) is 6.36 Å². The maximum absolute atomic E-state index is 11.8. The van der Waals surface area contributed by atoms with Gasteiger partial charge < -0.3 is 15.7 Å². The number of nitrogens with two attached hydrogens (primary N) is 1. The maximum Gasteiger partial charge on any atom is 0.522 e. The molecular formula is C11H13F3N2O3. The molecule has 5 nitrogen and oxygen atoms in total. The third-order valence-electron chi connectivity index (χ3n) is 2.38. The zero-order valence-corrected chi connectivity index (χ0v) is 10.1. The topological polar surface area (TPSA) is 75.8 Å². The molecule has 0 saturated heterocycles. The lowest BCUT2D eigenvalue weighted by molar-refractivity contribution is -0.323. The smallest absolute Gasteiger partial charge is 0.478 e. The molecule has 0 fully saturated rings. The number of alkyl halides is 3. The summed E-state index contributed by atoms with van der Waals surface area (Å²) < 4.78 is 39.0. The Kier molecular flexibility index (Phi) is 4.60. The highest BCUT2D eigenvalue weighted by Gasteiger charge is 2.28. The number of hydrogen-bond acceptors (Lipinski definition) is 4. The molecule has 1 aromatic rings. The van der Waals surface area contributed by atoms with Gasteiger partial charge in [-0.1, -0.05) is 0 Å². The molecule has 106 valence electrons. The summed E-state index contributed by atoms with van der Waals surface area (Å²) in [5, 5.41) is 8.76. The SMILES string of the molecule is CN(CCOC(F)(F)F)c1ccc(C(=O)O)cc1N. The quantitative estimate of drug-likeness (QED) is 0.805. The van der Waals surface area contributed by atoms with Gasteiger partial charge in [-0.2, -0.15) is 0 Å². The summed E-state index contributed by atoms with van der Waals surface area (Å²) in [6.07, 6.45) is -4.67. The van der Waals surface area contributed by atoms with Crippen LogP contribution in [0, 0.1) is 0 Å². The number of halogens is 3. The first-order valence-electron chi connectivity index (χ1n) is 5.25. The van der Waals surface area contributed by atoms with Gasteiger partial charge in [0.05, 0.1) is 23.5 Å². The number of rotatable bonds is 5. The Bertz CT molecular complexity index is 463. The van der Waals surface area contributed by atoms with Crippen LogP contribution in [0.3, 0.4) is 0 Å². The highest BCUT2D eigenvalue weighted by atomic mass is 19.4. The minimum Gasteiger partial charge on any atom is -0.478 e. The number of nitrogens with zero attached hydrogens (tertiary/aromatic N) is 1. The molecule has 0 heterocycles. The monoisotopic (exact) mass is 278 g/mol. The van der Waals surface area contributed by atoms with E-state index in [1.165, 1.54) is 30.1 Å². The Hall–Kier alpha value is -1.96. The minimum atomic E-state index is -4.67. The fourth-order valence-electron chi connectivity index (χ4n) is 1.45. The molecular weight excluding hydrogens is 265 g/mol. The number of anilines is 2. The molecule has 0 atom stereocenters. The number of likely N-dealkylation sites (N-methyl/N-ethyl adjacent to an activating group) is 1. The minimum absolute atomic E-state index is 0.0150. The fourth-order valence-corrected chi connectivity index (χ4v) is 1.45. The Morgan fingerprint density at radius 1 is 1.47 bits per heavy atom. The molecule has 8 heteroatoms. The van der Waals surface area contributed by atoms with Crippen molar-refractivity contribution in [2.75, 3.05) is 30.8 Å². The van der Waals surface area contributed by atoms with Crippen LogP contribution >= 0.6 is 0 Å². The van der Waals surface area contributed by atoms with Crippen molar-refractivity contribution in [1.82, 2.24) is 0 Å². The molecule has 0 spiro atoms. The van der Waals surface area contributed by atoms with Crippen LogP contribution in [-0.4, -0.2) is 37.6 Å². The lowest BCUT2D eigenvalue weighted by Gasteiger charge is -2.21. The number of benzene rings is 1. The van der Waals surface area contributed by atoms with Crippen molar-refractivity contribution in [3.8, 4) is 0 Å². The van der Waals surface area contributed by atoms with E-state index in [2.05, 4.69) is 4.74 Å². The number of carboxylic acids is 1. The van der Waals surface area contributed by atoms with Gasteiger partial charge >= 0.3 is 12.3 Å². The number of ether oxygens (including phenoxy) is 1. The average Bonchev–Trinajstić information content (AvgIpc) is 2.26. The van der Waals surface area contributed by atoms with Gasteiger partial charge in [0.25, 0.3) is 0 Å². The lowest BCUT2D eigenvalue weighted by Crippen LogP contribution is -2.26. The van der Waals surface area contributed by atoms with Gasteiger partial charge in [0, 0.05) is 13.6 Å². The van der Waals surface area contributed by atoms with Crippen molar-refractivity contribution in [3.05, 3.63) is 23.8 Å². The number of hydrogen-bond donors (Lipinski definition) is 2. The number of carbonyl (C=O) groups is 1. The maximum atomic E-state index is 11.8. The summed E-state index contributed by atoms with van der Waals surface area (Å²) in [7, 11) is 1.53. The van der Waals surface area contributed by atoms with Crippen LogP contribution in [0.1, 0.15) is 10.4 Å². The average molecular weight is 278 g/mol. The molecule has 0 unspecified atom stereocenters. The van der Waals surface area contributed by atoms with Gasteiger partial charge in [0.1, 0.15) is 0 Å². The van der Waals surface area contributed by atoms with Crippen molar-refractivity contribution < 1.29 is 27.8 Å². The van der Waals surface area contributed by atoms with E-state index >= 15 is 0 Å². The number of nitrogen functional groups attached to an aromatic ring is 1. The van der Waals surface area contributed by atoms with Gasteiger partial charge in [-0.3, -0.25) is 4.74 Å². The van der Waals surface area contributed by atoms with E-state index < -0.39 is 18.9 Å². The van der Waals surface area contributed by atoms with Crippen LogP contribution in [0.5, 0.6) is 0 Å². The van der Waals surface area contributed by atoms with E-state index in [9.17, 15) is 18.0 Å². The molecule has 0 saturated carbocycles. The second-order valence-electron chi connectivity index (χ2n) is 3.79. The summed E-state index contributed by atoms with van der Waals surface area (Å²) in [5.41, 5.74) is 6.28. The van der Waals surface area contributed by atoms with Crippen LogP contribution < -0.4 is 10.6 Å². The molecule has 0 aliphatic rings. The van der Waals surface area contributed by atoms with E-state index in [0.717, 1.165) is 0 Å².